The van der Waals surface area contributed by atoms with Crippen LogP contribution in [0.15, 0.2) is 41.9 Å². The van der Waals surface area contributed by atoms with E-state index in [9.17, 15) is 4.79 Å². The molecule has 0 spiro atoms. The molecule has 0 saturated carbocycles. The van der Waals surface area contributed by atoms with Crippen LogP contribution in [0.4, 0.5) is 5.69 Å². The van der Waals surface area contributed by atoms with E-state index in [0.717, 1.165) is 27.5 Å². The number of nitrogens with two attached hydrogens (primary N) is 1. The van der Waals surface area contributed by atoms with Crippen molar-refractivity contribution in [2.45, 2.75) is 45.8 Å². The monoisotopic (exact) mass is 366 g/mol. The van der Waals surface area contributed by atoms with Crippen molar-refractivity contribution < 1.29 is 14.1 Å². The van der Waals surface area contributed by atoms with E-state index in [4.69, 9.17) is 15.0 Å². The van der Waals surface area contributed by atoms with E-state index in [1.54, 1.807) is 0 Å². The summed E-state index contributed by atoms with van der Waals surface area (Å²) < 4.78 is 12.4. The summed E-state index contributed by atoms with van der Waals surface area (Å²) >= 11 is 0. The lowest BCUT2D eigenvalue weighted by molar-refractivity contribution is -0.118. The van der Waals surface area contributed by atoms with Crippen LogP contribution in [0.3, 0.4) is 0 Å². The first-order valence-corrected chi connectivity index (χ1v) is 9.17. The number of nitrogens with one attached hydrogen (secondary N) is 1. The first-order valence-electron chi connectivity index (χ1n) is 9.17. The summed E-state index contributed by atoms with van der Waals surface area (Å²) in [5.41, 5.74) is 7.62. The Morgan fingerprint density at radius 3 is 2.30 bits per heavy atom. The van der Waals surface area contributed by atoms with Crippen molar-refractivity contribution in [3.8, 4) is 0 Å². The summed E-state index contributed by atoms with van der Waals surface area (Å²) in [6.45, 7) is 9.94. The Morgan fingerprint density at radius 2 is 1.67 bits per heavy atom. The van der Waals surface area contributed by atoms with E-state index in [0.29, 0.717) is 6.54 Å². The molecule has 6 heteroatoms. The fraction of sp³-hybridized carbons (Fsp3) is 0.381. The molecule has 1 saturated heterocycles. The zero-order valence-corrected chi connectivity index (χ0v) is 16.6. The number of fused-ring (bicyclic) bond motifs is 1. The molecular formula is C21H27BN2O3. The third kappa shape index (κ3) is 4.17. The second kappa shape index (κ2) is 7.02. The van der Waals surface area contributed by atoms with E-state index in [1.165, 1.54) is 6.92 Å². The normalized spacial score (nSPS) is 18.7. The largest absolute Gasteiger partial charge is 0.492 e. The lowest BCUT2D eigenvalue weighted by Crippen LogP contribution is -2.41. The summed E-state index contributed by atoms with van der Waals surface area (Å²) in [7, 11) is -0.510. The molecule has 5 nitrogen and oxygen atoms in total. The van der Waals surface area contributed by atoms with Crippen LogP contribution in [0.5, 0.6) is 0 Å². The van der Waals surface area contributed by atoms with E-state index in [2.05, 4.69) is 11.4 Å². The minimum Gasteiger partial charge on any atom is -0.400 e. The summed E-state index contributed by atoms with van der Waals surface area (Å²) in [5, 5.41) is 5.05. The molecule has 3 rings (SSSR count). The van der Waals surface area contributed by atoms with Gasteiger partial charge in [-0.2, -0.15) is 0 Å². The van der Waals surface area contributed by atoms with Crippen molar-refractivity contribution in [1.29, 1.82) is 0 Å². The van der Waals surface area contributed by atoms with Crippen LogP contribution in [0.1, 0.15) is 40.2 Å². The van der Waals surface area contributed by atoms with Gasteiger partial charge in [-0.15, -0.1) is 0 Å². The number of carbonyl (C=O) groups excluding carboxylic acids is 1. The third-order valence-corrected chi connectivity index (χ3v) is 5.34. The van der Waals surface area contributed by atoms with Gasteiger partial charge in [-0.05, 0) is 67.7 Å². The number of hydrogen-bond donors (Lipinski definition) is 2. The standard InChI is InChI=1S/C21H27BN2O3/c1-14(25)24-13-18(22-26-20(2,3)21(4,5)27-22)11-15-6-7-17-12-19(23)9-8-16(17)10-15/h6-12H,13,23H2,1-5H3,(H,24,25). The molecule has 0 unspecified atom stereocenters. The first-order chi connectivity index (χ1) is 12.6. The van der Waals surface area contributed by atoms with Crippen LogP contribution in [0, 0.1) is 0 Å². The Bertz CT molecular complexity index is 889. The predicted molar refractivity (Wildman–Crippen MR) is 111 cm³/mol. The van der Waals surface area contributed by atoms with Gasteiger partial charge in [0.2, 0.25) is 5.91 Å². The third-order valence-electron chi connectivity index (χ3n) is 5.34. The molecule has 1 amide bonds. The lowest BCUT2D eigenvalue weighted by atomic mass is 9.77. The van der Waals surface area contributed by atoms with Gasteiger partial charge in [-0.25, -0.2) is 0 Å². The molecule has 0 bridgehead atoms. The maximum atomic E-state index is 11.4. The Labute approximate surface area is 161 Å². The van der Waals surface area contributed by atoms with Crippen molar-refractivity contribution in [3.63, 3.8) is 0 Å². The Balaban J connectivity index is 1.95. The predicted octanol–water partition coefficient (Wildman–Crippen LogP) is 3.57. The first kappa shape index (κ1) is 19.5. The molecule has 0 aromatic heterocycles. The highest BCUT2D eigenvalue weighted by Crippen LogP contribution is 2.38. The molecule has 1 fully saturated rings. The molecule has 1 aliphatic heterocycles. The van der Waals surface area contributed by atoms with E-state index in [-0.39, 0.29) is 5.91 Å². The van der Waals surface area contributed by atoms with Crippen LogP contribution < -0.4 is 11.1 Å². The van der Waals surface area contributed by atoms with Crippen LogP contribution in [0.25, 0.3) is 16.8 Å². The molecule has 2 aromatic rings. The second-order valence-electron chi connectivity index (χ2n) is 8.08. The number of rotatable bonds is 4. The summed E-state index contributed by atoms with van der Waals surface area (Å²) in [4.78, 5) is 11.4. The summed E-state index contributed by atoms with van der Waals surface area (Å²) in [5.74, 6) is -0.0913. The Morgan fingerprint density at radius 1 is 1.07 bits per heavy atom. The van der Waals surface area contributed by atoms with Crippen molar-refractivity contribution in [2.75, 3.05) is 12.3 Å². The van der Waals surface area contributed by atoms with E-state index >= 15 is 0 Å². The minimum absolute atomic E-state index is 0.0913. The average molecular weight is 366 g/mol. The Kier molecular flexibility index (Phi) is 5.06. The molecule has 142 valence electrons. The van der Waals surface area contributed by atoms with Crippen molar-refractivity contribution in [2.24, 2.45) is 0 Å². The van der Waals surface area contributed by atoms with Gasteiger partial charge in [0.05, 0.1) is 11.2 Å². The van der Waals surface area contributed by atoms with Gasteiger partial charge >= 0.3 is 7.12 Å². The van der Waals surface area contributed by atoms with Gasteiger partial charge in [0.25, 0.3) is 0 Å². The molecule has 0 aliphatic carbocycles. The maximum absolute atomic E-state index is 11.4. The quantitative estimate of drug-likeness (QED) is 0.641. The highest BCUT2D eigenvalue weighted by Gasteiger charge is 2.52. The zero-order chi connectivity index (χ0) is 19.8. The molecule has 1 heterocycles. The SMILES string of the molecule is CC(=O)NCC(=Cc1ccc2cc(N)ccc2c1)B1OC(C)(C)C(C)(C)O1. The Hall–Kier alpha value is -2.31. The maximum Gasteiger partial charge on any atom is 0.492 e. The van der Waals surface area contributed by atoms with Gasteiger partial charge in [-0.3, -0.25) is 4.79 Å². The number of hydrogen-bond acceptors (Lipinski definition) is 4. The fourth-order valence-electron chi connectivity index (χ4n) is 3.01. The van der Waals surface area contributed by atoms with Crippen LogP contribution >= 0.6 is 0 Å². The van der Waals surface area contributed by atoms with Crippen molar-refractivity contribution in [3.05, 3.63) is 47.4 Å². The molecule has 27 heavy (non-hydrogen) atoms. The molecule has 2 aromatic carbocycles. The van der Waals surface area contributed by atoms with Crippen LogP contribution in [-0.4, -0.2) is 30.8 Å². The minimum atomic E-state index is -0.510. The molecule has 1 aliphatic rings. The summed E-state index contributed by atoms with van der Waals surface area (Å²) in [6.07, 6.45) is 2.02. The van der Waals surface area contributed by atoms with Gasteiger partial charge in [-0.1, -0.05) is 24.3 Å². The van der Waals surface area contributed by atoms with E-state index in [1.807, 2.05) is 64.1 Å². The van der Waals surface area contributed by atoms with Crippen LogP contribution in [0.2, 0.25) is 0 Å². The summed E-state index contributed by atoms with van der Waals surface area (Å²) in [6, 6.07) is 12.0. The van der Waals surface area contributed by atoms with Gasteiger partial charge < -0.3 is 20.4 Å². The average Bonchev–Trinajstić information content (AvgIpc) is 2.79. The molecule has 0 radical (unpaired) electrons. The second-order valence-corrected chi connectivity index (χ2v) is 8.08. The molecule has 3 N–H and O–H groups in total. The highest BCUT2D eigenvalue weighted by atomic mass is 16.7. The van der Waals surface area contributed by atoms with Crippen molar-refractivity contribution >= 4 is 35.6 Å². The molecular weight excluding hydrogens is 339 g/mol. The molecule has 0 atom stereocenters. The van der Waals surface area contributed by atoms with E-state index < -0.39 is 18.3 Å². The number of amides is 1. The van der Waals surface area contributed by atoms with Crippen LogP contribution in [-0.2, 0) is 14.1 Å². The van der Waals surface area contributed by atoms with Gasteiger partial charge in [0.1, 0.15) is 0 Å². The highest BCUT2D eigenvalue weighted by molar-refractivity contribution is 6.56. The fourth-order valence-corrected chi connectivity index (χ4v) is 3.01. The number of nitrogen functional groups attached to an aromatic ring is 1. The number of anilines is 1. The van der Waals surface area contributed by atoms with Gasteiger partial charge in [0.15, 0.2) is 0 Å². The topological polar surface area (TPSA) is 73.6 Å². The zero-order valence-electron chi connectivity index (χ0n) is 16.6. The lowest BCUT2D eigenvalue weighted by Gasteiger charge is -2.32. The number of carbonyl (C=O) groups is 1. The number of benzene rings is 2. The van der Waals surface area contributed by atoms with Gasteiger partial charge in [0, 0.05) is 19.2 Å². The van der Waals surface area contributed by atoms with Crippen molar-refractivity contribution in [1.82, 2.24) is 5.32 Å². The smallest absolute Gasteiger partial charge is 0.400 e.